The van der Waals surface area contributed by atoms with E-state index in [9.17, 15) is 9.90 Å². The van der Waals surface area contributed by atoms with Gasteiger partial charge in [0.25, 0.3) is 5.56 Å². The monoisotopic (exact) mass is 365 g/mol. The fraction of sp³-hybridized carbons (Fsp3) is 0.211. The summed E-state index contributed by atoms with van der Waals surface area (Å²) in [7, 11) is 0. The summed E-state index contributed by atoms with van der Waals surface area (Å²) in [6.07, 6.45) is 1.49. The maximum atomic E-state index is 12.4. The fourth-order valence-electron chi connectivity index (χ4n) is 2.83. The lowest BCUT2D eigenvalue weighted by Crippen LogP contribution is -2.31. The molecule has 3 aromatic heterocycles. The van der Waals surface area contributed by atoms with E-state index in [-0.39, 0.29) is 18.1 Å². The third-order valence-corrected chi connectivity index (χ3v) is 4.31. The Morgan fingerprint density at radius 1 is 1.26 bits per heavy atom. The van der Waals surface area contributed by atoms with Crippen LogP contribution in [-0.2, 0) is 5.60 Å². The van der Waals surface area contributed by atoms with Gasteiger partial charge in [0.1, 0.15) is 22.5 Å². The van der Waals surface area contributed by atoms with Gasteiger partial charge >= 0.3 is 0 Å². The Balaban J connectivity index is 1.66. The van der Waals surface area contributed by atoms with Crippen LogP contribution in [0.3, 0.4) is 0 Å². The molecule has 0 aliphatic heterocycles. The van der Waals surface area contributed by atoms with E-state index in [1.165, 1.54) is 6.20 Å². The summed E-state index contributed by atoms with van der Waals surface area (Å²) in [5.74, 6) is 1.39. The van der Waals surface area contributed by atoms with Gasteiger partial charge in [0.2, 0.25) is 5.95 Å². The van der Waals surface area contributed by atoms with Crippen LogP contribution in [0.2, 0.25) is 0 Å². The quantitative estimate of drug-likeness (QED) is 0.501. The van der Waals surface area contributed by atoms with Gasteiger partial charge in [-0.05, 0) is 38.1 Å². The van der Waals surface area contributed by atoms with Crippen LogP contribution in [-0.4, -0.2) is 31.4 Å². The number of nitrogens with zero attached hydrogens (tertiary/aromatic N) is 3. The number of nitrogens with one attached hydrogen (secondary N) is 2. The van der Waals surface area contributed by atoms with Crippen molar-refractivity contribution in [2.24, 2.45) is 0 Å². The van der Waals surface area contributed by atoms with Crippen LogP contribution in [0.1, 0.15) is 18.4 Å². The van der Waals surface area contributed by atoms with E-state index in [0.717, 1.165) is 5.69 Å². The van der Waals surface area contributed by atoms with Crippen LogP contribution in [0.25, 0.3) is 16.7 Å². The van der Waals surface area contributed by atoms with Crippen molar-refractivity contribution in [3.63, 3.8) is 0 Å². The average molecular weight is 365 g/mol. The molecule has 0 radical (unpaired) electrons. The molecule has 8 nitrogen and oxygen atoms in total. The Bertz CT molecular complexity index is 1140. The van der Waals surface area contributed by atoms with E-state index in [1.54, 1.807) is 23.7 Å². The molecule has 0 aliphatic rings. The van der Waals surface area contributed by atoms with E-state index in [0.29, 0.717) is 22.6 Å². The summed E-state index contributed by atoms with van der Waals surface area (Å²) >= 11 is 0. The maximum absolute atomic E-state index is 12.4. The van der Waals surface area contributed by atoms with Gasteiger partial charge in [0.15, 0.2) is 5.65 Å². The summed E-state index contributed by atoms with van der Waals surface area (Å²) in [5.41, 5.74) is -0.338. The number of aliphatic hydroxyl groups is 1. The van der Waals surface area contributed by atoms with E-state index in [2.05, 4.69) is 20.4 Å². The number of hydrogen-bond acceptors (Lipinski definition) is 6. The third-order valence-electron chi connectivity index (χ3n) is 4.31. The Morgan fingerprint density at radius 3 is 2.74 bits per heavy atom. The first-order valence-corrected chi connectivity index (χ1v) is 8.51. The van der Waals surface area contributed by atoms with Crippen molar-refractivity contribution in [2.45, 2.75) is 19.4 Å². The molecule has 1 atom stereocenters. The number of aromatic nitrogens is 4. The Morgan fingerprint density at radius 2 is 2.04 bits per heavy atom. The Kier molecular flexibility index (Phi) is 4.04. The summed E-state index contributed by atoms with van der Waals surface area (Å²) < 4.78 is 7.10. The van der Waals surface area contributed by atoms with Crippen molar-refractivity contribution in [3.05, 3.63) is 70.5 Å². The van der Waals surface area contributed by atoms with Crippen LogP contribution in [0.15, 0.2) is 57.9 Å². The second-order valence-electron chi connectivity index (χ2n) is 6.58. The minimum Gasteiger partial charge on any atom is -0.463 e. The van der Waals surface area contributed by atoms with Crippen molar-refractivity contribution < 1.29 is 9.52 Å². The summed E-state index contributed by atoms with van der Waals surface area (Å²) in [5, 5.41) is 18.3. The Labute approximate surface area is 154 Å². The van der Waals surface area contributed by atoms with Crippen molar-refractivity contribution in [3.8, 4) is 5.69 Å². The lowest BCUT2D eigenvalue weighted by molar-refractivity contribution is 0.0466. The molecule has 0 fully saturated rings. The standard InChI is InChI=1S/C19H19N5O3/c1-12-8-9-15(27-12)19(2,26)11-20-18-22-16-14(17(25)23-18)10-21-24(16)13-6-4-3-5-7-13/h3-10,26H,11H2,1-2H3,(H2,20,22,23,25). The minimum absolute atomic E-state index is 0.105. The highest BCUT2D eigenvalue weighted by Crippen LogP contribution is 2.23. The minimum atomic E-state index is -1.26. The number of aromatic amines is 1. The second kappa shape index (κ2) is 6.40. The molecule has 1 unspecified atom stereocenters. The first kappa shape index (κ1) is 17.0. The number of benzene rings is 1. The zero-order chi connectivity index (χ0) is 19.0. The summed E-state index contributed by atoms with van der Waals surface area (Å²) in [6.45, 7) is 3.54. The van der Waals surface area contributed by atoms with Crippen LogP contribution in [0.4, 0.5) is 5.95 Å². The number of anilines is 1. The highest BCUT2D eigenvalue weighted by Gasteiger charge is 2.27. The predicted octanol–water partition coefficient (Wildman–Crippen LogP) is 2.33. The molecular formula is C19H19N5O3. The molecule has 0 saturated heterocycles. The zero-order valence-corrected chi connectivity index (χ0v) is 14.9. The van der Waals surface area contributed by atoms with Gasteiger partial charge < -0.3 is 14.8 Å². The lowest BCUT2D eigenvalue weighted by Gasteiger charge is -2.21. The SMILES string of the molecule is Cc1ccc(C(C)(O)CNc2nc3c(cnn3-c3ccccc3)c(=O)[nH]2)o1. The average Bonchev–Trinajstić information content (AvgIpc) is 3.28. The van der Waals surface area contributed by atoms with Crippen molar-refractivity contribution in [1.29, 1.82) is 0 Å². The first-order valence-electron chi connectivity index (χ1n) is 8.51. The molecule has 3 N–H and O–H groups in total. The topological polar surface area (TPSA) is 109 Å². The van der Waals surface area contributed by atoms with Crippen molar-refractivity contribution in [1.82, 2.24) is 19.7 Å². The van der Waals surface area contributed by atoms with Gasteiger partial charge in [-0.25, -0.2) is 4.68 Å². The largest absolute Gasteiger partial charge is 0.463 e. The number of rotatable bonds is 5. The number of hydrogen-bond donors (Lipinski definition) is 3. The molecule has 8 heteroatoms. The highest BCUT2D eigenvalue weighted by atomic mass is 16.4. The van der Waals surface area contributed by atoms with Gasteiger partial charge in [-0.1, -0.05) is 18.2 Å². The van der Waals surface area contributed by atoms with E-state index in [1.807, 2.05) is 37.3 Å². The molecule has 0 aliphatic carbocycles. The smallest absolute Gasteiger partial charge is 0.263 e. The van der Waals surface area contributed by atoms with Gasteiger partial charge in [-0.3, -0.25) is 9.78 Å². The maximum Gasteiger partial charge on any atom is 0.263 e. The predicted molar refractivity (Wildman–Crippen MR) is 101 cm³/mol. The number of fused-ring (bicyclic) bond motifs is 1. The van der Waals surface area contributed by atoms with Crippen LogP contribution in [0, 0.1) is 6.92 Å². The van der Waals surface area contributed by atoms with Crippen LogP contribution < -0.4 is 10.9 Å². The number of para-hydroxylation sites is 1. The van der Waals surface area contributed by atoms with E-state index in [4.69, 9.17) is 4.42 Å². The molecular weight excluding hydrogens is 346 g/mol. The molecule has 1 aromatic carbocycles. The van der Waals surface area contributed by atoms with Gasteiger partial charge in [-0.2, -0.15) is 10.1 Å². The lowest BCUT2D eigenvalue weighted by atomic mass is 10.0. The normalized spacial score (nSPS) is 13.6. The van der Waals surface area contributed by atoms with Crippen molar-refractivity contribution >= 4 is 17.0 Å². The van der Waals surface area contributed by atoms with Gasteiger partial charge in [0.05, 0.1) is 18.4 Å². The van der Waals surface area contributed by atoms with Gasteiger partial charge in [-0.15, -0.1) is 0 Å². The summed E-state index contributed by atoms with van der Waals surface area (Å²) in [6, 6.07) is 12.9. The molecule has 4 aromatic rings. The third kappa shape index (κ3) is 3.22. The fourth-order valence-corrected chi connectivity index (χ4v) is 2.83. The molecule has 4 rings (SSSR count). The zero-order valence-electron chi connectivity index (χ0n) is 14.9. The molecule has 27 heavy (non-hydrogen) atoms. The molecule has 0 spiro atoms. The number of aryl methyl sites for hydroxylation is 1. The number of furan rings is 1. The first-order chi connectivity index (χ1) is 12.9. The molecule has 0 amide bonds. The van der Waals surface area contributed by atoms with Gasteiger partial charge in [0, 0.05) is 0 Å². The van der Waals surface area contributed by atoms with Crippen LogP contribution in [0.5, 0.6) is 0 Å². The van der Waals surface area contributed by atoms with Crippen LogP contribution >= 0.6 is 0 Å². The molecule has 3 heterocycles. The molecule has 138 valence electrons. The van der Waals surface area contributed by atoms with E-state index < -0.39 is 5.60 Å². The Hall–Kier alpha value is -3.39. The van der Waals surface area contributed by atoms with E-state index >= 15 is 0 Å². The molecule has 0 saturated carbocycles. The summed E-state index contributed by atoms with van der Waals surface area (Å²) in [4.78, 5) is 19.5. The highest BCUT2D eigenvalue weighted by molar-refractivity contribution is 5.76. The number of H-pyrrole nitrogens is 1. The van der Waals surface area contributed by atoms with Crippen molar-refractivity contribution in [2.75, 3.05) is 11.9 Å². The second-order valence-corrected chi connectivity index (χ2v) is 6.58. The molecule has 0 bridgehead atoms.